The highest BCUT2D eigenvalue weighted by Crippen LogP contribution is 2.33. The molecular weight excluding hydrogens is 254 g/mol. The van der Waals surface area contributed by atoms with Gasteiger partial charge in [-0.05, 0) is 31.2 Å². The van der Waals surface area contributed by atoms with Crippen LogP contribution in [0, 0.1) is 11.6 Å². The summed E-state index contributed by atoms with van der Waals surface area (Å²) in [5.41, 5.74) is 4.74. The standard InChI is InChI=1S/C13H16F2N2O2/c1-17-6-8(19-2)5-11(17)7-3-9(14)12(13(16)18)10(15)4-7/h3-4,8,11H,5-6H2,1-2H3,(H2,16,18). The van der Waals surface area contributed by atoms with E-state index in [0.717, 1.165) is 0 Å². The Balaban J connectivity index is 2.34. The summed E-state index contributed by atoms with van der Waals surface area (Å²) < 4.78 is 32.7. The first kappa shape index (κ1) is 13.9. The van der Waals surface area contributed by atoms with E-state index in [0.29, 0.717) is 18.5 Å². The first-order chi connectivity index (χ1) is 8.93. The predicted octanol–water partition coefficient (Wildman–Crippen LogP) is 1.46. The molecule has 2 rings (SSSR count). The van der Waals surface area contributed by atoms with E-state index in [-0.39, 0.29) is 12.1 Å². The summed E-state index contributed by atoms with van der Waals surface area (Å²) in [5, 5.41) is 0. The number of amides is 1. The molecule has 2 N–H and O–H groups in total. The van der Waals surface area contributed by atoms with Crippen LogP contribution in [-0.4, -0.2) is 37.6 Å². The van der Waals surface area contributed by atoms with Gasteiger partial charge in [-0.1, -0.05) is 0 Å². The Morgan fingerprint density at radius 2 is 2.00 bits per heavy atom. The van der Waals surface area contributed by atoms with Crippen LogP contribution in [0.1, 0.15) is 28.4 Å². The molecule has 0 aliphatic carbocycles. The van der Waals surface area contributed by atoms with Crippen molar-refractivity contribution >= 4 is 5.91 Å². The number of hydrogen-bond acceptors (Lipinski definition) is 3. The summed E-state index contributed by atoms with van der Waals surface area (Å²) in [6.45, 7) is 0.696. The summed E-state index contributed by atoms with van der Waals surface area (Å²) in [6, 6.07) is 2.21. The molecule has 1 aliphatic heterocycles. The molecule has 0 saturated carbocycles. The number of ether oxygens (including phenoxy) is 1. The maximum absolute atomic E-state index is 13.7. The molecule has 1 aromatic carbocycles. The van der Waals surface area contributed by atoms with Gasteiger partial charge in [0.1, 0.15) is 17.2 Å². The third kappa shape index (κ3) is 2.59. The average Bonchev–Trinajstić information content (AvgIpc) is 2.69. The lowest BCUT2D eigenvalue weighted by molar-refractivity contribution is 0.0992. The van der Waals surface area contributed by atoms with Crippen LogP contribution in [0.2, 0.25) is 0 Å². The summed E-state index contributed by atoms with van der Waals surface area (Å²) in [6.07, 6.45) is 0.693. The minimum atomic E-state index is -1.10. The number of nitrogens with two attached hydrogens (primary N) is 1. The normalized spacial score (nSPS) is 23.8. The van der Waals surface area contributed by atoms with Gasteiger partial charge in [-0.25, -0.2) is 8.78 Å². The molecule has 1 amide bonds. The summed E-state index contributed by atoms with van der Waals surface area (Å²) >= 11 is 0. The SMILES string of the molecule is COC1CC(c2cc(F)c(C(N)=O)c(F)c2)N(C)C1. The fourth-order valence-electron chi connectivity index (χ4n) is 2.53. The minimum absolute atomic E-state index is 0.0388. The van der Waals surface area contributed by atoms with Crippen LogP contribution in [0.4, 0.5) is 8.78 Å². The molecule has 1 fully saturated rings. The van der Waals surface area contributed by atoms with Crippen LogP contribution in [0.15, 0.2) is 12.1 Å². The number of likely N-dealkylation sites (tertiary alicyclic amines) is 1. The van der Waals surface area contributed by atoms with Crippen LogP contribution in [0.3, 0.4) is 0 Å². The van der Waals surface area contributed by atoms with E-state index >= 15 is 0 Å². The number of halogens is 2. The highest BCUT2D eigenvalue weighted by atomic mass is 19.1. The Morgan fingerprint density at radius 1 is 1.42 bits per heavy atom. The lowest BCUT2D eigenvalue weighted by atomic mass is 10.0. The van der Waals surface area contributed by atoms with E-state index in [1.807, 2.05) is 11.9 Å². The third-order valence-corrected chi connectivity index (χ3v) is 3.54. The van der Waals surface area contributed by atoms with Crippen molar-refractivity contribution in [3.8, 4) is 0 Å². The number of methoxy groups -OCH3 is 1. The first-order valence-corrected chi connectivity index (χ1v) is 5.95. The van der Waals surface area contributed by atoms with Gasteiger partial charge in [-0.15, -0.1) is 0 Å². The Hall–Kier alpha value is -1.53. The molecule has 1 aromatic rings. The van der Waals surface area contributed by atoms with Gasteiger partial charge in [0.15, 0.2) is 0 Å². The number of benzene rings is 1. The van der Waals surface area contributed by atoms with Crippen molar-refractivity contribution in [1.82, 2.24) is 4.90 Å². The number of primary amides is 1. The van der Waals surface area contributed by atoms with Crippen molar-refractivity contribution in [3.63, 3.8) is 0 Å². The zero-order chi connectivity index (χ0) is 14.2. The number of likely N-dealkylation sites (N-methyl/N-ethyl adjacent to an activating group) is 1. The molecule has 19 heavy (non-hydrogen) atoms. The number of hydrogen-bond donors (Lipinski definition) is 1. The molecule has 0 bridgehead atoms. The molecule has 1 heterocycles. The quantitative estimate of drug-likeness (QED) is 0.904. The Kier molecular flexibility index (Phi) is 3.82. The number of rotatable bonds is 3. The first-order valence-electron chi connectivity index (χ1n) is 5.95. The summed E-state index contributed by atoms with van der Waals surface area (Å²) in [7, 11) is 3.47. The van der Waals surface area contributed by atoms with Gasteiger partial charge in [-0.2, -0.15) is 0 Å². The monoisotopic (exact) mass is 270 g/mol. The smallest absolute Gasteiger partial charge is 0.254 e. The van der Waals surface area contributed by atoms with Gasteiger partial charge in [0.2, 0.25) is 0 Å². The van der Waals surface area contributed by atoms with Crippen molar-refractivity contribution in [2.24, 2.45) is 5.73 Å². The van der Waals surface area contributed by atoms with Crippen LogP contribution in [0.5, 0.6) is 0 Å². The van der Waals surface area contributed by atoms with Crippen molar-refractivity contribution in [1.29, 1.82) is 0 Å². The second-order valence-electron chi connectivity index (χ2n) is 4.77. The number of carbonyl (C=O) groups excluding carboxylic acids is 1. The molecule has 0 aromatic heterocycles. The Labute approximate surface area is 110 Å². The van der Waals surface area contributed by atoms with E-state index in [2.05, 4.69) is 0 Å². The van der Waals surface area contributed by atoms with Gasteiger partial charge in [0.05, 0.1) is 6.10 Å². The second-order valence-corrected chi connectivity index (χ2v) is 4.77. The van der Waals surface area contributed by atoms with E-state index in [4.69, 9.17) is 10.5 Å². The molecule has 0 spiro atoms. The van der Waals surface area contributed by atoms with Crippen LogP contribution in [0.25, 0.3) is 0 Å². The van der Waals surface area contributed by atoms with Gasteiger partial charge in [0, 0.05) is 19.7 Å². The molecule has 4 nitrogen and oxygen atoms in total. The van der Waals surface area contributed by atoms with Crippen LogP contribution in [-0.2, 0) is 4.74 Å². The highest BCUT2D eigenvalue weighted by molar-refractivity contribution is 5.93. The summed E-state index contributed by atoms with van der Waals surface area (Å²) in [4.78, 5) is 12.9. The topological polar surface area (TPSA) is 55.6 Å². The van der Waals surface area contributed by atoms with Crippen LogP contribution < -0.4 is 5.73 Å². The van der Waals surface area contributed by atoms with Crippen molar-refractivity contribution in [2.45, 2.75) is 18.6 Å². The minimum Gasteiger partial charge on any atom is -0.380 e. The molecule has 2 atom stereocenters. The number of carbonyl (C=O) groups is 1. The molecule has 1 aliphatic rings. The van der Waals surface area contributed by atoms with Gasteiger partial charge < -0.3 is 10.5 Å². The second kappa shape index (κ2) is 5.22. The largest absolute Gasteiger partial charge is 0.380 e. The maximum Gasteiger partial charge on any atom is 0.254 e. The summed E-state index contributed by atoms with van der Waals surface area (Å²) in [5.74, 6) is -2.94. The van der Waals surface area contributed by atoms with Crippen LogP contribution >= 0.6 is 0 Å². The highest BCUT2D eigenvalue weighted by Gasteiger charge is 2.32. The molecule has 6 heteroatoms. The van der Waals surface area contributed by atoms with Gasteiger partial charge in [0.25, 0.3) is 5.91 Å². The maximum atomic E-state index is 13.7. The van der Waals surface area contributed by atoms with Crippen molar-refractivity contribution in [3.05, 3.63) is 34.9 Å². The molecule has 2 unspecified atom stereocenters. The Bertz CT molecular complexity index is 484. The van der Waals surface area contributed by atoms with Crippen molar-refractivity contribution in [2.75, 3.05) is 20.7 Å². The van der Waals surface area contributed by atoms with Crippen molar-refractivity contribution < 1.29 is 18.3 Å². The van der Waals surface area contributed by atoms with E-state index < -0.39 is 23.1 Å². The predicted molar refractivity (Wildman–Crippen MR) is 65.7 cm³/mol. The zero-order valence-corrected chi connectivity index (χ0v) is 10.8. The number of nitrogens with zero attached hydrogens (tertiary/aromatic N) is 1. The van der Waals surface area contributed by atoms with Gasteiger partial charge in [-0.3, -0.25) is 9.69 Å². The van der Waals surface area contributed by atoms with Gasteiger partial charge >= 0.3 is 0 Å². The third-order valence-electron chi connectivity index (χ3n) is 3.54. The fraction of sp³-hybridized carbons (Fsp3) is 0.462. The fourth-order valence-corrected chi connectivity index (χ4v) is 2.53. The molecule has 1 saturated heterocycles. The lowest BCUT2D eigenvalue weighted by Gasteiger charge is -2.19. The molecular formula is C13H16F2N2O2. The lowest BCUT2D eigenvalue weighted by Crippen LogP contribution is -2.21. The van der Waals surface area contributed by atoms with E-state index in [1.54, 1.807) is 7.11 Å². The molecule has 104 valence electrons. The Morgan fingerprint density at radius 3 is 2.42 bits per heavy atom. The average molecular weight is 270 g/mol. The zero-order valence-electron chi connectivity index (χ0n) is 10.8. The van der Waals surface area contributed by atoms with E-state index in [1.165, 1.54) is 12.1 Å². The van der Waals surface area contributed by atoms with E-state index in [9.17, 15) is 13.6 Å². The molecule has 0 radical (unpaired) electrons.